The van der Waals surface area contributed by atoms with E-state index in [4.69, 9.17) is 26.7 Å². The molecule has 0 heterocycles. The third-order valence-electron chi connectivity index (χ3n) is 18.6. The van der Waals surface area contributed by atoms with Crippen LogP contribution in [0.5, 0.6) is 11.5 Å². The van der Waals surface area contributed by atoms with Crippen molar-refractivity contribution in [2.24, 2.45) is 0 Å². The average molecular weight is 1600 g/mol. The summed E-state index contributed by atoms with van der Waals surface area (Å²) >= 11 is 0. The lowest BCUT2D eigenvalue weighted by Gasteiger charge is -2.21. The quantitative estimate of drug-likeness (QED) is 0.0142. The molecular formula is C88H91N7O14S4. The largest absolute Gasteiger partial charge is 0.463 e. The summed E-state index contributed by atoms with van der Waals surface area (Å²) in [5, 5.41) is 55.6. The van der Waals surface area contributed by atoms with Crippen LogP contribution in [0.1, 0.15) is 50.1 Å². The van der Waals surface area contributed by atoms with Gasteiger partial charge in [-0.15, -0.1) is 0 Å². The molecule has 14 N–H and O–H groups in total. The maximum Gasteiger partial charge on any atom is 0.214 e. The second-order valence-corrected chi connectivity index (χ2v) is 35.5. The highest BCUT2D eigenvalue weighted by Gasteiger charge is 2.25. The summed E-state index contributed by atoms with van der Waals surface area (Å²) in [6.45, 7) is 9.90. The highest BCUT2D eigenvalue weighted by atomic mass is 32.2. The van der Waals surface area contributed by atoms with E-state index in [1.807, 2.05) is 113 Å². The van der Waals surface area contributed by atoms with Crippen LogP contribution in [0.15, 0.2) is 306 Å². The molecule has 4 unspecified atom stereocenters. The number of nitrogens with two attached hydrogens (primary N) is 3. The number of aryl methyl sites for hydroxylation is 5. The van der Waals surface area contributed by atoms with Gasteiger partial charge >= 0.3 is 0 Å². The first-order valence-electron chi connectivity index (χ1n) is 36.3. The first-order valence-corrected chi connectivity index (χ1v) is 42.2. The van der Waals surface area contributed by atoms with Crippen molar-refractivity contribution in [2.45, 2.75) is 118 Å². The topological polar surface area (TPSA) is 362 Å². The molecule has 586 valence electrons. The van der Waals surface area contributed by atoms with Gasteiger partial charge in [0.15, 0.2) is 0 Å². The van der Waals surface area contributed by atoms with Gasteiger partial charge < -0.3 is 68.4 Å². The molecule has 0 saturated carbocycles. The minimum atomic E-state index is -3.80. The summed E-state index contributed by atoms with van der Waals surface area (Å²) in [5.41, 5.74) is 30.8. The maximum atomic E-state index is 13.2. The third kappa shape index (κ3) is 21.6. The van der Waals surface area contributed by atoms with Crippen LogP contribution >= 0.6 is 0 Å². The summed E-state index contributed by atoms with van der Waals surface area (Å²) in [5.74, 6) is 1.06. The molecule has 12 rings (SSSR count). The van der Waals surface area contributed by atoms with Crippen LogP contribution in [0.4, 0.5) is 39.8 Å². The Hall–Kier alpha value is -11.5. The van der Waals surface area contributed by atoms with E-state index >= 15 is 0 Å². The third-order valence-corrected chi connectivity index (χ3v) is 25.6. The highest BCUT2D eigenvalue weighted by Crippen LogP contribution is 2.37. The lowest BCUT2D eigenvalue weighted by atomic mass is 9.96. The molecule has 25 heteroatoms. The van der Waals surface area contributed by atoms with Crippen molar-refractivity contribution in [2.75, 3.05) is 64.6 Å². The summed E-state index contributed by atoms with van der Waals surface area (Å²) in [6, 6.07) is 75.1. The van der Waals surface area contributed by atoms with Crippen LogP contribution in [-0.4, -0.2) is 105 Å². The highest BCUT2D eigenvalue weighted by molar-refractivity contribution is 7.92. The smallest absolute Gasteiger partial charge is 0.214 e. The Bertz CT molecular complexity index is 5450. The van der Waals surface area contributed by atoms with Crippen LogP contribution in [0.25, 0.3) is 11.1 Å². The second-order valence-electron chi connectivity index (χ2n) is 27.7. The number of benzene rings is 12. The van der Waals surface area contributed by atoms with E-state index in [1.54, 1.807) is 121 Å². The van der Waals surface area contributed by atoms with Gasteiger partial charge in [0.25, 0.3) is 0 Å². The van der Waals surface area contributed by atoms with E-state index in [-0.39, 0.29) is 65.3 Å². The van der Waals surface area contributed by atoms with E-state index in [0.717, 1.165) is 67.6 Å². The average Bonchev–Trinajstić information content (AvgIpc) is 0.813. The summed E-state index contributed by atoms with van der Waals surface area (Å²) < 4.78 is 117. The Balaban J connectivity index is 0.000000223. The van der Waals surface area contributed by atoms with Gasteiger partial charge in [-0.05, 0) is 266 Å². The van der Waals surface area contributed by atoms with Gasteiger partial charge in [0.05, 0.1) is 64.5 Å². The van der Waals surface area contributed by atoms with Gasteiger partial charge in [0.1, 0.15) is 11.5 Å². The molecule has 0 aromatic heterocycles. The van der Waals surface area contributed by atoms with Crippen LogP contribution < -0.4 is 47.9 Å². The number of ether oxygens (including phenoxy) is 2. The number of rotatable bonds is 31. The Morgan fingerprint density at radius 2 is 0.549 bits per heavy atom. The Labute approximate surface area is 660 Å². The van der Waals surface area contributed by atoms with Gasteiger partial charge in [-0.2, -0.15) is 0 Å². The standard InChI is InChI=1S/C45H47N3O8S2.C43H44N4O6S2/c1-28-10-6-14-38(18-28)57(51,52)40-16-8-12-36(24-40)47-26-42(49)55-44-29(2)19-33(20-30(44)3)34-21-31(4)45(32(5)22-34)56-43(50)27-48-37-13-9-17-41(25-37)58(53,54)39-15-7-11-35(46)23-39;44-34-5-1-9-40(24-34)54(50,51)42-11-3-7-36(26-42)46-28-38(48)22-32-17-13-30(14-18-32)21-31-15-19-33(20-16-31)23-39(49)29-47-37-8-4-12-43(27-37)55(52,53)41-10-2-6-35(45)25-41/h6-25,42-43,47-50H,26-27,46H2,1-5H3;1-20,24-27,38-39,46-49H,21-23,28-29,44-45H2. The number of nitrogens with one attached hydrogen (secondary N) is 4. The normalized spacial score (nSPS) is 12.8. The van der Waals surface area contributed by atoms with Crippen molar-refractivity contribution < 1.29 is 63.6 Å². The molecule has 21 nitrogen and oxygen atoms in total. The Morgan fingerprint density at radius 1 is 0.301 bits per heavy atom. The minimum Gasteiger partial charge on any atom is -0.463 e. The molecule has 0 aliphatic carbocycles. The summed E-state index contributed by atoms with van der Waals surface area (Å²) in [7, 11) is -15.0. The molecular weight excluding hydrogens is 1510 g/mol. The van der Waals surface area contributed by atoms with Crippen LogP contribution in [-0.2, 0) is 58.6 Å². The van der Waals surface area contributed by atoms with Gasteiger partial charge in [0.2, 0.25) is 51.9 Å². The number of sulfone groups is 4. The lowest BCUT2D eigenvalue weighted by Crippen LogP contribution is -2.26. The maximum absolute atomic E-state index is 13.2. The Morgan fingerprint density at radius 3 is 0.832 bits per heavy atom. The van der Waals surface area contributed by atoms with Crippen LogP contribution in [0, 0.1) is 34.6 Å². The molecule has 0 aliphatic heterocycles. The first kappa shape index (κ1) is 82.4. The van der Waals surface area contributed by atoms with Crippen molar-refractivity contribution in [1.82, 2.24) is 0 Å². The van der Waals surface area contributed by atoms with E-state index in [1.165, 1.54) is 66.7 Å². The minimum absolute atomic E-state index is 0.00800. The molecule has 0 radical (unpaired) electrons. The monoisotopic (exact) mass is 1600 g/mol. The molecule has 0 bridgehead atoms. The summed E-state index contributed by atoms with van der Waals surface area (Å²) in [4.78, 5) is 1.07. The van der Waals surface area contributed by atoms with Gasteiger partial charge in [-0.25, -0.2) is 33.7 Å². The number of hydrogen-bond donors (Lipinski definition) is 11. The van der Waals surface area contributed by atoms with Gasteiger partial charge in [-0.3, -0.25) is 0 Å². The molecule has 113 heavy (non-hydrogen) atoms. The van der Waals surface area contributed by atoms with E-state index in [2.05, 4.69) is 21.3 Å². The molecule has 0 fully saturated rings. The molecule has 0 amide bonds. The van der Waals surface area contributed by atoms with Gasteiger partial charge in [0, 0.05) is 65.7 Å². The number of aliphatic hydroxyl groups excluding tert-OH is 4. The van der Waals surface area contributed by atoms with Gasteiger partial charge in [-0.1, -0.05) is 103 Å². The van der Waals surface area contributed by atoms with Crippen molar-refractivity contribution >= 4 is 79.2 Å². The van der Waals surface area contributed by atoms with E-state index in [0.29, 0.717) is 64.2 Å². The van der Waals surface area contributed by atoms with Crippen molar-refractivity contribution in [3.63, 3.8) is 0 Å². The molecule has 12 aromatic carbocycles. The molecule has 0 aliphatic rings. The van der Waals surface area contributed by atoms with Crippen LogP contribution in [0.3, 0.4) is 0 Å². The van der Waals surface area contributed by atoms with Crippen molar-refractivity contribution in [3.8, 4) is 22.6 Å². The molecule has 0 saturated heterocycles. The SMILES string of the molecule is Cc1cccc(S(=O)(=O)c2cccc(NCC(O)Oc3c(C)cc(-c4cc(C)c(OC(O)CNc5cccc(S(=O)(=O)c6cccc(N)c6)c5)c(C)c4)cc3C)c2)c1.Nc1cccc(S(=O)(=O)c2cccc(NCC(O)Cc3ccc(Cc4ccc(CC(O)CNc5cccc(S(=O)(=O)c6cccc(N)c6)c5)cc4)cc3)c2)c1. The van der Waals surface area contributed by atoms with E-state index < -0.39 is 64.1 Å². The van der Waals surface area contributed by atoms with E-state index in [9.17, 15) is 54.1 Å². The Kier molecular flexibility index (Phi) is 26.5. The number of hydrogen-bond acceptors (Lipinski definition) is 21. The second kappa shape index (κ2) is 36.3. The fraction of sp³-hybridized carbons (Fsp3) is 0.182. The van der Waals surface area contributed by atoms with Crippen molar-refractivity contribution in [1.29, 1.82) is 0 Å². The fourth-order valence-electron chi connectivity index (χ4n) is 12.8. The number of anilines is 7. The molecule has 4 atom stereocenters. The molecule has 0 spiro atoms. The predicted octanol–water partition coefficient (Wildman–Crippen LogP) is 13.9. The predicted molar refractivity (Wildman–Crippen MR) is 444 cm³/mol. The fourth-order valence-corrected chi connectivity index (χ4v) is 18.3. The number of nitrogen functional groups attached to an aromatic ring is 3. The first-order chi connectivity index (χ1) is 53.8. The zero-order valence-electron chi connectivity index (χ0n) is 62.9. The lowest BCUT2D eigenvalue weighted by molar-refractivity contribution is -0.00667. The number of aliphatic hydroxyl groups is 4. The zero-order valence-corrected chi connectivity index (χ0v) is 66.2. The zero-order chi connectivity index (χ0) is 80.8. The molecule has 12 aromatic rings. The van der Waals surface area contributed by atoms with Crippen molar-refractivity contribution in [3.05, 3.63) is 317 Å². The van der Waals surface area contributed by atoms with Crippen LogP contribution in [0.2, 0.25) is 0 Å². The summed E-state index contributed by atoms with van der Waals surface area (Å²) in [6.07, 6.45) is -2.29.